The molecule has 0 saturated heterocycles. The van der Waals surface area contributed by atoms with Gasteiger partial charge in [-0.25, -0.2) is 9.97 Å². The molecule has 8 heteroatoms. The number of thiazole rings is 1. The number of para-hydroxylation sites is 1. The number of ether oxygens (including phenoxy) is 2. The van der Waals surface area contributed by atoms with Crippen molar-refractivity contribution in [2.24, 2.45) is 0 Å². The van der Waals surface area contributed by atoms with Gasteiger partial charge in [-0.3, -0.25) is 9.36 Å². The Hall–Kier alpha value is -3.49. The molecule has 0 fully saturated rings. The first-order valence-corrected chi connectivity index (χ1v) is 11.6. The minimum absolute atomic E-state index is 0.0661. The van der Waals surface area contributed by atoms with Gasteiger partial charge in [0.1, 0.15) is 9.84 Å². The fourth-order valence-corrected chi connectivity index (χ4v) is 5.38. The zero-order valence-electron chi connectivity index (χ0n) is 17.4. The molecule has 0 bridgehead atoms. The van der Waals surface area contributed by atoms with E-state index in [0.29, 0.717) is 23.4 Å². The van der Waals surface area contributed by atoms with Crippen LogP contribution in [0.1, 0.15) is 5.69 Å². The van der Waals surface area contributed by atoms with Gasteiger partial charge >= 0.3 is 0 Å². The topological polar surface area (TPSA) is 66.2 Å². The number of benzene rings is 2. The number of aromatic nitrogens is 3. The molecule has 3 aromatic heterocycles. The van der Waals surface area contributed by atoms with Crippen LogP contribution in [0.2, 0.25) is 0 Å². The Balaban J connectivity index is 1.51. The first kappa shape index (κ1) is 20.4. The van der Waals surface area contributed by atoms with Crippen LogP contribution in [0.5, 0.6) is 11.5 Å². The Morgan fingerprint density at radius 3 is 2.56 bits per heavy atom. The fourth-order valence-electron chi connectivity index (χ4n) is 3.64. The highest BCUT2D eigenvalue weighted by Crippen LogP contribution is 2.39. The molecule has 0 radical (unpaired) electrons. The molecule has 3 heterocycles. The van der Waals surface area contributed by atoms with Crippen molar-refractivity contribution in [1.29, 1.82) is 0 Å². The molecule has 0 atom stereocenters. The Morgan fingerprint density at radius 2 is 1.78 bits per heavy atom. The maximum absolute atomic E-state index is 13.3. The van der Waals surface area contributed by atoms with Gasteiger partial charge in [0, 0.05) is 16.3 Å². The smallest absolute Gasteiger partial charge is 0.263 e. The molecule has 0 aliphatic heterocycles. The number of thiophene rings is 1. The van der Waals surface area contributed by atoms with E-state index in [1.165, 1.54) is 22.7 Å². The first-order valence-electron chi connectivity index (χ1n) is 9.87. The number of nitrogens with zero attached hydrogens (tertiary/aromatic N) is 3. The second-order valence-electron chi connectivity index (χ2n) is 7.06. The Morgan fingerprint density at radius 1 is 0.938 bits per heavy atom. The van der Waals surface area contributed by atoms with E-state index in [1.54, 1.807) is 25.1 Å². The summed E-state index contributed by atoms with van der Waals surface area (Å²) in [5, 5.41) is 5.40. The van der Waals surface area contributed by atoms with Crippen LogP contribution in [0.15, 0.2) is 70.4 Å². The second-order valence-corrected chi connectivity index (χ2v) is 8.77. The van der Waals surface area contributed by atoms with Crippen LogP contribution in [0, 0.1) is 0 Å². The van der Waals surface area contributed by atoms with Crippen LogP contribution in [0.4, 0.5) is 0 Å². The quantitative estimate of drug-likeness (QED) is 0.343. The van der Waals surface area contributed by atoms with Gasteiger partial charge in [0.25, 0.3) is 5.56 Å². The lowest BCUT2D eigenvalue weighted by molar-refractivity contribution is 0.356. The van der Waals surface area contributed by atoms with Crippen molar-refractivity contribution in [3.63, 3.8) is 0 Å². The van der Waals surface area contributed by atoms with E-state index in [9.17, 15) is 4.79 Å². The summed E-state index contributed by atoms with van der Waals surface area (Å²) in [6.07, 6.45) is 1.60. The summed E-state index contributed by atoms with van der Waals surface area (Å²) in [5.41, 5.74) is 3.50. The van der Waals surface area contributed by atoms with Gasteiger partial charge in [0.15, 0.2) is 11.5 Å². The summed E-state index contributed by atoms with van der Waals surface area (Å²) >= 11 is 2.98. The average Bonchev–Trinajstić information content (AvgIpc) is 3.48. The van der Waals surface area contributed by atoms with Gasteiger partial charge in [-0.15, -0.1) is 22.7 Å². The number of rotatable bonds is 6. The standard InChI is InChI=1S/C24H19N3O3S2/c1-29-19-10-6-9-17(21(19)30-2)22-26-16(12-31-22)11-27-14-25-23-20(24(27)28)18(13-32-23)15-7-4-3-5-8-15/h3-10,12-14H,11H2,1-2H3. The van der Waals surface area contributed by atoms with E-state index in [0.717, 1.165) is 32.2 Å². The minimum atomic E-state index is -0.0661. The largest absolute Gasteiger partial charge is 0.493 e. The molecular weight excluding hydrogens is 442 g/mol. The normalized spacial score (nSPS) is 11.1. The van der Waals surface area contributed by atoms with Crippen LogP contribution in [-0.4, -0.2) is 28.8 Å². The number of hydrogen-bond donors (Lipinski definition) is 0. The molecule has 0 saturated carbocycles. The van der Waals surface area contributed by atoms with Gasteiger partial charge < -0.3 is 9.47 Å². The summed E-state index contributed by atoms with van der Waals surface area (Å²) in [7, 11) is 3.22. The molecule has 0 unspecified atom stereocenters. The zero-order chi connectivity index (χ0) is 22.1. The van der Waals surface area contributed by atoms with Crippen LogP contribution in [-0.2, 0) is 6.54 Å². The highest BCUT2D eigenvalue weighted by atomic mass is 32.1. The number of methoxy groups -OCH3 is 2. The Kier molecular flexibility index (Phi) is 5.46. The monoisotopic (exact) mass is 461 g/mol. The summed E-state index contributed by atoms with van der Waals surface area (Å²) in [6.45, 7) is 0.342. The molecule has 6 nitrogen and oxygen atoms in total. The lowest BCUT2D eigenvalue weighted by Crippen LogP contribution is -2.21. The van der Waals surface area contributed by atoms with Gasteiger partial charge in [-0.05, 0) is 17.7 Å². The van der Waals surface area contributed by atoms with Gasteiger partial charge in [-0.2, -0.15) is 0 Å². The molecular formula is C24H19N3O3S2. The van der Waals surface area contributed by atoms with Crippen LogP contribution >= 0.6 is 22.7 Å². The van der Waals surface area contributed by atoms with Crippen LogP contribution < -0.4 is 15.0 Å². The zero-order valence-corrected chi connectivity index (χ0v) is 19.1. The maximum Gasteiger partial charge on any atom is 0.263 e. The summed E-state index contributed by atoms with van der Waals surface area (Å²) in [4.78, 5) is 23.3. The third-order valence-corrected chi connectivity index (χ3v) is 6.97. The molecule has 0 amide bonds. The van der Waals surface area contributed by atoms with Crippen molar-refractivity contribution in [2.45, 2.75) is 6.54 Å². The van der Waals surface area contributed by atoms with E-state index in [1.807, 2.05) is 59.3 Å². The molecule has 5 rings (SSSR count). The van der Waals surface area contributed by atoms with Crippen LogP contribution in [0.25, 0.3) is 31.9 Å². The van der Waals surface area contributed by atoms with Gasteiger partial charge in [0.2, 0.25) is 0 Å². The van der Waals surface area contributed by atoms with Crippen molar-refractivity contribution in [1.82, 2.24) is 14.5 Å². The predicted octanol–water partition coefficient (Wildman–Crippen LogP) is 5.31. The second kappa shape index (κ2) is 8.57. The lowest BCUT2D eigenvalue weighted by atomic mass is 10.1. The van der Waals surface area contributed by atoms with Crippen molar-refractivity contribution >= 4 is 32.9 Å². The molecule has 2 aromatic carbocycles. The van der Waals surface area contributed by atoms with Crippen LogP contribution in [0.3, 0.4) is 0 Å². The van der Waals surface area contributed by atoms with Crippen molar-refractivity contribution < 1.29 is 9.47 Å². The molecule has 0 spiro atoms. The molecule has 0 aliphatic rings. The first-order chi connectivity index (χ1) is 15.7. The highest BCUT2D eigenvalue weighted by molar-refractivity contribution is 7.17. The molecule has 0 aliphatic carbocycles. The van der Waals surface area contributed by atoms with Crippen molar-refractivity contribution in [2.75, 3.05) is 14.2 Å². The minimum Gasteiger partial charge on any atom is -0.493 e. The number of fused-ring (bicyclic) bond motifs is 1. The summed E-state index contributed by atoms with van der Waals surface area (Å²) in [6, 6.07) is 15.6. The molecule has 32 heavy (non-hydrogen) atoms. The molecule has 160 valence electrons. The Labute approximate surface area is 192 Å². The number of hydrogen-bond acceptors (Lipinski definition) is 7. The fraction of sp³-hybridized carbons (Fsp3) is 0.125. The summed E-state index contributed by atoms with van der Waals surface area (Å²) in [5.74, 6) is 1.29. The molecule has 0 N–H and O–H groups in total. The third kappa shape index (κ3) is 3.57. The Bertz CT molecular complexity index is 1450. The van der Waals surface area contributed by atoms with Crippen molar-refractivity contribution in [3.8, 4) is 33.2 Å². The SMILES string of the molecule is COc1cccc(-c2nc(Cn3cnc4scc(-c5ccccc5)c4c3=O)cs2)c1OC. The van der Waals surface area contributed by atoms with E-state index < -0.39 is 0 Å². The average molecular weight is 462 g/mol. The third-order valence-electron chi connectivity index (χ3n) is 5.16. The van der Waals surface area contributed by atoms with E-state index >= 15 is 0 Å². The van der Waals surface area contributed by atoms with Crippen molar-refractivity contribution in [3.05, 3.63) is 81.7 Å². The van der Waals surface area contributed by atoms with Gasteiger partial charge in [0.05, 0.1) is 43.7 Å². The molecule has 5 aromatic rings. The van der Waals surface area contributed by atoms with E-state index in [2.05, 4.69) is 4.98 Å². The van der Waals surface area contributed by atoms with E-state index in [4.69, 9.17) is 14.5 Å². The highest BCUT2D eigenvalue weighted by Gasteiger charge is 2.16. The maximum atomic E-state index is 13.3. The van der Waals surface area contributed by atoms with E-state index in [-0.39, 0.29) is 5.56 Å². The predicted molar refractivity (Wildman–Crippen MR) is 129 cm³/mol. The van der Waals surface area contributed by atoms with Gasteiger partial charge in [-0.1, -0.05) is 36.4 Å². The summed E-state index contributed by atoms with van der Waals surface area (Å²) < 4.78 is 12.6. The lowest BCUT2D eigenvalue weighted by Gasteiger charge is -2.10.